The molecular weight excluding hydrogens is 514 g/mol. The van der Waals surface area contributed by atoms with E-state index in [1.165, 1.54) is 43.5 Å². The van der Waals surface area contributed by atoms with E-state index < -0.39 is 41.5 Å². The van der Waals surface area contributed by atoms with Gasteiger partial charge in [-0.2, -0.15) is 0 Å². The van der Waals surface area contributed by atoms with Gasteiger partial charge in [-0.3, -0.25) is 24.1 Å². The molecule has 3 aliphatic carbocycles. The summed E-state index contributed by atoms with van der Waals surface area (Å²) < 4.78 is 5.22. The molecule has 1 aliphatic heterocycles. The average Bonchev–Trinajstić information content (AvgIpc) is 3.20. The van der Waals surface area contributed by atoms with Gasteiger partial charge in [0.2, 0.25) is 11.8 Å². The lowest BCUT2D eigenvalue weighted by molar-refractivity contribution is -0.123. The molecule has 0 spiro atoms. The van der Waals surface area contributed by atoms with Crippen LogP contribution in [-0.4, -0.2) is 46.7 Å². The summed E-state index contributed by atoms with van der Waals surface area (Å²) in [7, 11) is 1.47. The normalized spacial score (nSPS) is 25.7. The topological polar surface area (TPSA) is 138 Å². The molecule has 1 saturated heterocycles. The number of benzene rings is 2. The molecule has 9 nitrogen and oxygen atoms in total. The van der Waals surface area contributed by atoms with Crippen molar-refractivity contribution in [1.29, 1.82) is 0 Å². The predicted octanol–water partition coefficient (Wildman–Crippen LogP) is 3.73. The van der Waals surface area contributed by atoms with Crippen molar-refractivity contribution in [3.05, 3.63) is 88.0 Å². The number of anilines is 1. The highest BCUT2D eigenvalue weighted by Crippen LogP contribution is 2.56. The minimum absolute atomic E-state index is 0.0529. The Kier molecular flexibility index (Phi) is 5.83. The van der Waals surface area contributed by atoms with Crippen LogP contribution in [0.5, 0.6) is 11.5 Å². The molecule has 4 unspecified atom stereocenters. The van der Waals surface area contributed by atoms with Crippen molar-refractivity contribution in [2.24, 2.45) is 17.8 Å². The number of hydrogen-bond donors (Lipinski definition) is 2. The number of phenols is 1. The summed E-state index contributed by atoms with van der Waals surface area (Å²) in [5.41, 5.74) is 2.09. The van der Waals surface area contributed by atoms with Gasteiger partial charge in [0, 0.05) is 34.3 Å². The Morgan fingerprint density at radius 1 is 1.02 bits per heavy atom. The fraction of sp³-hybridized carbons (Fsp3) is 0.258. The SMILES string of the molecule is COc1ccc(C2C3=CCC4C(=O)N(c5cccc(C(=O)O)c5)C(=O)C4C3CC3=C2C(=O)C=C(C)C3=O)c(O)c1. The van der Waals surface area contributed by atoms with Gasteiger partial charge in [-0.25, -0.2) is 4.79 Å². The Balaban J connectivity index is 1.48. The zero-order valence-electron chi connectivity index (χ0n) is 21.7. The Morgan fingerprint density at radius 3 is 2.50 bits per heavy atom. The minimum atomic E-state index is -1.18. The van der Waals surface area contributed by atoms with Crippen molar-refractivity contribution in [1.82, 2.24) is 0 Å². The van der Waals surface area contributed by atoms with Crippen LogP contribution in [0.1, 0.15) is 41.6 Å². The predicted molar refractivity (Wildman–Crippen MR) is 142 cm³/mol. The first-order valence-corrected chi connectivity index (χ1v) is 12.9. The van der Waals surface area contributed by atoms with Crippen LogP contribution in [0.25, 0.3) is 0 Å². The second-order valence-electron chi connectivity index (χ2n) is 10.5. The van der Waals surface area contributed by atoms with Gasteiger partial charge in [0.25, 0.3) is 0 Å². The zero-order chi connectivity index (χ0) is 28.5. The van der Waals surface area contributed by atoms with Gasteiger partial charge in [0.05, 0.1) is 30.2 Å². The molecule has 4 aliphatic rings. The molecule has 2 aromatic carbocycles. The highest BCUT2D eigenvalue weighted by atomic mass is 16.5. The maximum absolute atomic E-state index is 13.9. The number of hydrogen-bond acceptors (Lipinski definition) is 7. The van der Waals surface area contributed by atoms with E-state index >= 15 is 0 Å². The zero-order valence-corrected chi connectivity index (χ0v) is 21.7. The molecule has 2 N–H and O–H groups in total. The molecule has 1 heterocycles. The standard InChI is InChI=1S/C31H25NO8/c1-14-10-24(34)27-22(28(14)35)13-21-18(25(27)19-7-6-17(40-2)12-23(19)33)8-9-20-26(21)30(37)32(29(20)36)16-5-3-4-15(11-16)31(38)39/h3-8,10-12,20-21,25-26,33H,9,13H2,1-2H3,(H,38,39). The molecule has 2 amide bonds. The van der Waals surface area contributed by atoms with Crippen LogP contribution in [-0.2, 0) is 19.2 Å². The van der Waals surface area contributed by atoms with Crippen molar-refractivity contribution in [2.45, 2.75) is 25.7 Å². The number of ketones is 2. The Bertz CT molecular complexity index is 1640. The van der Waals surface area contributed by atoms with Crippen LogP contribution in [0.15, 0.2) is 76.9 Å². The van der Waals surface area contributed by atoms with E-state index in [1.54, 1.807) is 19.1 Å². The average molecular weight is 540 g/mol. The summed E-state index contributed by atoms with van der Waals surface area (Å²) >= 11 is 0. The lowest BCUT2D eigenvalue weighted by atomic mass is 9.59. The second kappa shape index (κ2) is 9.15. The summed E-state index contributed by atoms with van der Waals surface area (Å²) in [6.07, 6.45) is 3.49. The van der Waals surface area contributed by atoms with E-state index in [9.17, 15) is 34.2 Å². The number of fused-ring (bicyclic) bond motifs is 3. The number of carboxylic acid groups (broad SMARTS) is 1. The number of carboxylic acids is 1. The van der Waals surface area contributed by atoms with Crippen LogP contribution < -0.4 is 9.64 Å². The molecule has 40 heavy (non-hydrogen) atoms. The van der Waals surface area contributed by atoms with Crippen molar-refractivity contribution in [2.75, 3.05) is 12.0 Å². The van der Waals surface area contributed by atoms with Crippen molar-refractivity contribution >= 4 is 35.0 Å². The van der Waals surface area contributed by atoms with Crippen LogP contribution in [0.4, 0.5) is 5.69 Å². The fourth-order valence-corrected chi connectivity index (χ4v) is 6.66. The van der Waals surface area contributed by atoms with Gasteiger partial charge in [0.15, 0.2) is 11.6 Å². The number of phenolic OH excluding ortho intramolecular Hbond substituents is 1. The molecule has 4 atom stereocenters. The number of nitrogens with zero attached hydrogens (tertiary/aromatic N) is 1. The van der Waals surface area contributed by atoms with Gasteiger partial charge in [-0.15, -0.1) is 0 Å². The second-order valence-corrected chi connectivity index (χ2v) is 10.5. The summed E-state index contributed by atoms with van der Waals surface area (Å²) in [4.78, 5) is 66.8. The van der Waals surface area contributed by atoms with Crippen LogP contribution >= 0.6 is 0 Å². The third-order valence-corrected chi connectivity index (χ3v) is 8.46. The molecule has 0 radical (unpaired) electrons. The lowest BCUT2D eigenvalue weighted by Crippen LogP contribution is -2.39. The van der Waals surface area contributed by atoms with E-state index in [4.69, 9.17) is 4.74 Å². The summed E-state index contributed by atoms with van der Waals surface area (Å²) in [5.74, 6) is -5.28. The van der Waals surface area contributed by atoms with Crippen molar-refractivity contribution < 1.29 is 38.9 Å². The molecular formula is C31H25NO8. The number of rotatable bonds is 4. The quantitative estimate of drug-likeness (QED) is 0.341. The van der Waals surface area contributed by atoms with Crippen LogP contribution in [0.3, 0.4) is 0 Å². The number of carbonyl (C=O) groups is 5. The summed E-state index contributed by atoms with van der Waals surface area (Å²) in [6, 6.07) is 10.4. The first-order chi connectivity index (χ1) is 19.1. The van der Waals surface area contributed by atoms with E-state index in [-0.39, 0.29) is 47.0 Å². The molecule has 202 valence electrons. The maximum Gasteiger partial charge on any atom is 0.335 e. The number of Topliss-reactive ketones (excluding diaryl/α,β-unsaturated/α-hetero) is 1. The van der Waals surface area contributed by atoms with Crippen molar-refractivity contribution in [3.63, 3.8) is 0 Å². The van der Waals surface area contributed by atoms with Gasteiger partial charge in [0.1, 0.15) is 11.5 Å². The number of amides is 2. The smallest absolute Gasteiger partial charge is 0.335 e. The van der Waals surface area contributed by atoms with Gasteiger partial charge in [-0.05, 0) is 56.0 Å². The Morgan fingerprint density at radius 2 is 1.80 bits per heavy atom. The number of imide groups is 1. The van der Waals surface area contributed by atoms with E-state index in [0.29, 0.717) is 28.0 Å². The Labute approximate surface area is 229 Å². The molecule has 0 saturated carbocycles. The molecule has 1 fully saturated rings. The molecule has 0 bridgehead atoms. The van der Waals surface area contributed by atoms with Crippen LogP contribution in [0.2, 0.25) is 0 Å². The minimum Gasteiger partial charge on any atom is -0.507 e. The number of aromatic carboxylic acids is 1. The maximum atomic E-state index is 13.9. The molecule has 6 rings (SSSR count). The highest BCUT2D eigenvalue weighted by Gasteiger charge is 2.56. The monoisotopic (exact) mass is 539 g/mol. The largest absolute Gasteiger partial charge is 0.507 e. The van der Waals surface area contributed by atoms with Gasteiger partial charge >= 0.3 is 5.97 Å². The highest BCUT2D eigenvalue weighted by molar-refractivity contribution is 6.25. The third-order valence-electron chi connectivity index (χ3n) is 8.46. The number of allylic oxidation sites excluding steroid dienone is 6. The summed E-state index contributed by atoms with van der Waals surface area (Å²) in [5, 5.41) is 20.4. The van der Waals surface area contributed by atoms with Gasteiger partial charge in [-0.1, -0.05) is 23.8 Å². The van der Waals surface area contributed by atoms with Crippen molar-refractivity contribution in [3.8, 4) is 11.5 Å². The number of carbonyl (C=O) groups excluding carboxylic acids is 4. The van der Waals surface area contributed by atoms with E-state index in [2.05, 4.69) is 0 Å². The summed E-state index contributed by atoms with van der Waals surface area (Å²) in [6.45, 7) is 1.57. The molecule has 2 aromatic rings. The number of ether oxygens (including phenoxy) is 1. The van der Waals surface area contributed by atoms with E-state index in [0.717, 1.165) is 4.90 Å². The van der Waals surface area contributed by atoms with E-state index in [1.807, 2.05) is 6.08 Å². The Hall–Kier alpha value is -4.79. The fourth-order valence-electron chi connectivity index (χ4n) is 6.66. The van der Waals surface area contributed by atoms with Crippen LogP contribution in [0, 0.1) is 17.8 Å². The molecule has 9 heteroatoms. The lowest BCUT2D eigenvalue weighted by Gasteiger charge is -2.42. The third kappa shape index (κ3) is 3.65. The first-order valence-electron chi connectivity index (χ1n) is 12.9. The number of methoxy groups -OCH3 is 1. The first kappa shape index (κ1) is 25.5. The molecule has 0 aromatic heterocycles. The number of aromatic hydroxyl groups is 1. The van der Waals surface area contributed by atoms with Gasteiger partial charge < -0.3 is 14.9 Å².